The van der Waals surface area contributed by atoms with E-state index in [0.717, 1.165) is 43.2 Å². The highest BCUT2D eigenvalue weighted by molar-refractivity contribution is 9.10. The maximum Gasteiger partial charge on any atom is 0.410 e. The lowest BCUT2D eigenvalue weighted by atomic mass is 9.68. The lowest BCUT2D eigenvalue weighted by Crippen LogP contribution is -2.60. The van der Waals surface area contributed by atoms with E-state index in [-0.39, 0.29) is 17.6 Å². The van der Waals surface area contributed by atoms with Gasteiger partial charge in [-0.25, -0.2) is 4.79 Å². The van der Waals surface area contributed by atoms with Gasteiger partial charge in [0.25, 0.3) is 0 Å². The van der Waals surface area contributed by atoms with Crippen molar-refractivity contribution in [1.29, 1.82) is 0 Å². The maximum atomic E-state index is 12.1. The Hall–Kier alpha value is -1.50. The van der Waals surface area contributed by atoms with Gasteiger partial charge in [0, 0.05) is 24.6 Å². The third-order valence-corrected chi connectivity index (χ3v) is 5.57. The summed E-state index contributed by atoms with van der Waals surface area (Å²) in [5.41, 5.74) is -0.203. The predicted octanol–water partition coefficient (Wildman–Crippen LogP) is 4.41. The van der Waals surface area contributed by atoms with Crippen LogP contribution in [0, 0.1) is 5.41 Å². The summed E-state index contributed by atoms with van der Waals surface area (Å²) in [6.45, 7) is 7.27. The van der Waals surface area contributed by atoms with Crippen LogP contribution in [0.5, 0.6) is 11.8 Å². The molecule has 0 N–H and O–H groups in total. The molecule has 1 aromatic rings. The zero-order valence-corrected chi connectivity index (χ0v) is 17.5. The average molecular weight is 427 g/mol. The molecule has 0 aromatic carbocycles. The molecule has 1 aliphatic heterocycles. The van der Waals surface area contributed by atoms with E-state index in [0.29, 0.717) is 11.8 Å². The number of pyridine rings is 1. The van der Waals surface area contributed by atoms with Crippen LogP contribution in [0.25, 0.3) is 0 Å². The first-order chi connectivity index (χ1) is 12.2. The minimum absolute atomic E-state index is 0.162. The smallest absolute Gasteiger partial charge is 0.410 e. The molecule has 0 unspecified atom stereocenters. The highest BCUT2D eigenvalue weighted by Gasteiger charge is 2.48. The molecule has 26 heavy (non-hydrogen) atoms. The highest BCUT2D eigenvalue weighted by Crippen LogP contribution is 2.45. The molecule has 1 aromatic heterocycles. The Labute approximate surface area is 163 Å². The van der Waals surface area contributed by atoms with Gasteiger partial charge in [0.2, 0.25) is 11.8 Å². The molecule has 1 aliphatic carbocycles. The number of halogens is 1. The van der Waals surface area contributed by atoms with Crippen molar-refractivity contribution >= 4 is 22.0 Å². The van der Waals surface area contributed by atoms with Crippen LogP contribution in [0.15, 0.2) is 16.6 Å². The van der Waals surface area contributed by atoms with Crippen LogP contribution in [-0.4, -0.2) is 47.9 Å². The van der Waals surface area contributed by atoms with Crippen molar-refractivity contribution in [2.45, 2.75) is 58.2 Å². The number of ether oxygens (including phenoxy) is 3. The standard InChI is InChI=1S/C19H27BrN2O4/c1-18(2,3)26-17(23)22-11-19(12-22)9-7-13(8-10-19)25-15-6-5-14(20)16(21-15)24-4/h5-6,13H,7-12H2,1-4H3. The van der Waals surface area contributed by atoms with Gasteiger partial charge in [-0.05, 0) is 68.5 Å². The molecule has 7 heteroatoms. The minimum Gasteiger partial charge on any atom is -0.480 e. The molecule has 0 radical (unpaired) electrons. The van der Waals surface area contributed by atoms with Gasteiger partial charge < -0.3 is 19.1 Å². The summed E-state index contributed by atoms with van der Waals surface area (Å²) in [5.74, 6) is 1.12. The van der Waals surface area contributed by atoms with Crippen LogP contribution >= 0.6 is 15.9 Å². The van der Waals surface area contributed by atoms with Crippen molar-refractivity contribution in [3.8, 4) is 11.8 Å². The summed E-state index contributed by atoms with van der Waals surface area (Å²) in [4.78, 5) is 18.3. The molecule has 144 valence electrons. The van der Waals surface area contributed by atoms with E-state index < -0.39 is 5.60 Å². The molecule has 6 nitrogen and oxygen atoms in total. The van der Waals surface area contributed by atoms with Crippen molar-refractivity contribution in [2.24, 2.45) is 5.41 Å². The Bertz CT molecular complexity index is 658. The molecule has 3 rings (SSSR count). The van der Waals surface area contributed by atoms with Gasteiger partial charge in [-0.2, -0.15) is 4.98 Å². The number of methoxy groups -OCH3 is 1. The molecule has 1 saturated carbocycles. The number of nitrogens with zero attached hydrogens (tertiary/aromatic N) is 2. The molecule has 1 amide bonds. The van der Waals surface area contributed by atoms with E-state index in [9.17, 15) is 4.79 Å². The summed E-state index contributed by atoms with van der Waals surface area (Å²) in [6.07, 6.45) is 4.03. The Morgan fingerprint density at radius 1 is 1.27 bits per heavy atom. The van der Waals surface area contributed by atoms with Gasteiger partial charge in [-0.15, -0.1) is 0 Å². The van der Waals surface area contributed by atoms with Gasteiger partial charge >= 0.3 is 6.09 Å². The van der Waals surface area contributed by atoms with Gasteiger partial charge in [-0.1, -0.05) is 0 Å². The van der Waals surface area contributed by atoms with E-state index in [1.807, 2.05) is 37.8 Å². The maximum absolute atomic E-state index is 12.1. The number of likely N-dealkylation sites (tertiary alicyclic amines) is 1. The van der Waals surface area contributed by atoms with Crippen molar-refractivity contribution in [3.63, 3.8) is 0 Å². The number of amides is 1. The number of hydrogen-bond donors (Lipinski definition) is 0. The van der Waals surface area contributed by atoms with Crippen molar-refractivity contribution in [3.05, 3.63) is 16.6 Å². The molecule has 0 atom stereocenters. The summed E-state index contributed by atoms with van der Waals surface area (Å²) >= 11 is 3.40. The molecule has 1 saturated heterocycles. The van der Waals surface area contributed by atoms with E-state index in [1.54, 1.807) is 7.11 Å². The topological polar surface area (TPSA) is 60.9 Å². The molecular weight excluding hydrogens is 400 g/mol. The predicted molar refractivity (Wildman–Crippen MR) is 102 cm³/mol. The second-order valence-electron chi connectivity index (χ2n) is 8.29. The Morgan fingerprint density at radius 2 is 1.92 bits per heavy atom. The summed E-state index contributed by atoms with van der Waals surface area (Å²) < 4.78 is 17.5. The highest BCUT2D eigenvalue weighted by atomic mass is 79.9. The Morgan fingerprint density at radius 3 is 2.50 bits per heavy atom. The second-order valence-corrected chi connectivity index (χ2v) is 9.15. The fourth-order valence-corrected chi connectivity index (χ4v) is 4.03. The fraction of sp³-hybridized carbons (Fsp3) is 0.684. The number of aromatic nitrogens is 1. The summed E-state index contributed by atoms with van der Waals surface area (Å²) in [7, 11) is 1.59. The van der Waals surface area contributed by atoms with Gasteiger partial charge in [0.15, 0.2) is 0 Å². The zero-order valence-electron chi connectivity index (χ0n) is 15.9. The average Bonchev–Trinajstić information content (AvgIpc) is 2.53. The lowest BCUT2D eigenvalue weighted by molar-refractivity contribution is -0.0610. The third kappa shape index (κ3) is 4.42. The first-order valence-electron chi connectivity index (χ1n) is 9.05. The van der Waals surface area contributed by atoms with Crippen LogP contribution in [-0.2, 0) is 4.74 Å². The van der Waals surface area contributed by atoms with E-state index in [2.05, 4.69) is 20.9 Å². The quantitative estimate of drug-likeness (QED) is 0.715. The Kier molecular flexibility index (Phi) is 5.37. The number of hydrogen-bond acceptors (Lipinski definition) is 5. The number of carbonyl (C=O) groups excluding carboxylic acids is 1. The van der Waals surface area contributed by atoms with Gasteiger partial charge in [0.1, 0.15) is 11.7 Å². The molecule has 2 heterocycles. The second kappa shape index (κ2) is 7.25. The minimum atomic E-state index is -0.440. The Balaban J connectivity index is 1.48. The number of rotatable bonds is 3. The molecule has 1 spiro atoms. The number of carbonyl (C=O) groups is 1. The fourth-order valence-electron chi connectivity index (χ4n) is 3.64. The monoisotopic (exact) mass is 426 g/mol. The largest absolute Gasteiger partial charge is 0.480 e. The van der Waals surface area contributed by atoms with Crippen LogP contribution in [0.3, 0.4) is 0 Å². The van der Waals surface area contributed by atoms with Gasteiger partial charge in [0.05, 0.1) is 11.6 Å². The SMILES string of the molecule is COc1nc(OC2CCC3(CC2)CN(C(=O)OC(C)(C)C)C3)ccc1Br. The molecular formula is C19H27BrN2O4. The van der Waals surface area contributed by atoms with Crippen LogP contribution in [0.2, 0.25) is 0 Å². The third-order valence-electron chi connectivity index (χ3n) is 4.97. The van der Waals surface area contributed by atoms with E-state index in [1.165, 1.54) is 0 Å². The van der Waals surface area contributed by atoms with Crippen molar-refractivity contribution in [1.82, 2.24) is 9.88 Å². The molecule has 2 aliphatic rings. The summed E-state index contributed by atoms with van der Waals surface area (Å²) in [5, 5.41) is 0. The first kappa shape index (κ1) is 19.3. The van der Waals surface area contributed by atoms with Crippen molar-refractivity contribution < 1.29 is 19.0 Å². The van der Waals surface area contributed by atoms with Gasteiger partial charge in [-0.3, -0.25) is 0 Å². The van der Waals surface area contributed by atoms with E-state index >= 15 is 0 Å². The van der Waals surface area contributed by atoms with Crippen LogP contribution in [0.1, 0.15) is 46.5 Å². The lowest BCUT2D eigenvalue weighted by Gasteiger charge is -2.52. The van der Waals surface area contributed by atoms with Crippen LogP contribution in [0.4, 0.5) is 4.79 Å². The molecule has 0 bridgehead atoms. The zero-order chi connectivity index (χ0) is 18.9. The van der Waals surface area contributed by atoms with E-state index in [4.69, 9.17) is 14.2 Å². The molecule has 2 fully saturated rings. The first-order valence-corrected chi connectivity index (χ1v) is 9.84. The normalized spacial score (nSPS) is 19.8. The summed E-state index contributed by atoms with van der Waals surface area (Å²) in [6, 6.07) is 3.74. The van der Waals surface area contributed by atoms with Crippen molar-refractivity contribution in [2.75, 3.05) is 20.2 Å². The van der Waals surface area contributed by atoms with Crippen LogP contribution < -0.4 is 9.47 Å².